The fourth-order valence-corrected chi connectivity index (χ4v) is 0.823. The highest BCUT2D eigenvalue weighted by atomic mass is 16.6. The van der Waals surface area contributed by atoms with Gasteiger partial charge in [0.2, 0.25) is 0 Å². The summed E-state index contributed by atoms with van der Waals surface area (Å²) in [7, 11) is 0. The van der Waals surface area contributed by atoms with Crippen molar-refractivity contribution in [1.29, 1.82) is 0 Å². The molecule has 7 heteroatoms. The highest BCUT2D eigenvalue weighted by Gasteiger charge is 2.11. The molecule has 0 aliphatic rings. The van der Waals surface area contributed by atoms with Gasteiger partial charge in [-0.05, 0) is 13.8 Å². The molecule has 0 saturated heterocycles. The highest BCUT2D eigenvalue weighted by molar-refractivity contribution is 5.17. The van der Waals surface area contributed by atoms with Crippen LogP contribution >= 0.6 is 0 Å². The molecule has 1 aromatic heterocycles. The standard InChI is InChI=1S/C6H8N4O3/c1-3-4(2)8-6(13-7)10(9-12)5(3)11/h7H2,1-2H3. The number of nitroso groups, excluding NO2 is 1. The van der Waals surface area contributed by atoms with Gasteiger partial charge in [-0.1, -0.05) is 0 Å². The van der Waals surface area contributed by atoms with Crippen molar-refractivity contribution in [3.05, 3.63) is 26.5 Å². The molecule has 1 heterocycles. The lowest BCUT2D eigenvalue weighted by Crippen LogP contribution is -2.24. The van der Waals surface area contributed by atoms with Crippen molar-refractivity contribution in [2.45, 2.75) is 13.8 Å². The number of rotatable bonds is 2. The van der Waals surface area contributed by atoms with Gasteiger partial charge in [-0.25, -0.2) is 0 Å². The Bertz CT molecular complexity index is 398. The SMILES string of the molecule is Cc1nc(ON)n(N=O)c(=O)c1C. The highest BCUT2D eigenvalue weighted by Crippen LogP contribution is 2.05. The fraction of sp³-hybridized carbons (Fsp3) is 0.333. The van der Waals surface area contributed by atoms with Crippen molar-refractivity contribution < 1.29 is 4.84 Å². The molecule has 0 atom stereocenters. The van der Waals surface area contributed by atoms with Crippen LogP contribution in [0.2, 0.25) is 0 Å². The van der Waals surface area contributed by atoms with Crippen LogP contribution in [0.4, 0.5) is 0 Å². The van der Waals surface area contributed by atoms with Gasteiger partial charge in [0.1, 0.15) is 0 Å². The van der Waals surface area contributed by atoms with Gasteiger partial charge in [0.05, 0.1) is 11.0 Å². The van der Waals surface area contributed by atoms with Crippen molar-refractivity contribution in [3.63, 3.8) is 0 Å². The quantitative estimate of drug-likeness (QED) is 0.499. The molecule has 0 aromatic carbocycles. The lowest BCUT2D eigenvalue weighted by molar-refractivity contribution is 0.286. The zero-order valence-corrected chi connectivity index (χ0v) is 7.14. The van der Waals surface area contributed by atoms with Crippen LogP contribution in [0.1, 0.15) is 11.3 Å². The van der Waals surface area contributed by atoms with E-state index in [0.717, 1.165) is 0 Å². The number of hydrogen-bond donors (Lipinski definition) is 1. The van der Waals surface area contributed by atoms with E-state index in [2.05, 4.69) is 15.1 Å². The van der Waals surface area contributed by atoms with E-state index >= 15 is 0 Å². The lowest BCUT2D eigenvalue weighted by Gasteiger charge is -2.04. The summed E-state index contributed by atoms with van der Waals surface area (Å²) in [5, 5.41) is 2.43. The first-order valence-corrected chi connectivity index (χ1v) is 3.42. The summed E-state index contributed by atoms with van der Waals surface area (Å²) in [5.74, 6) is 4.79. The summed E-state index contributed by atoms with van der Waals surface area (Å²) in [5.41, 5.74) is 0.203. The van der Waals surface area contributed by atoms with E-state index in [1.807, 2.05) is 0 Å². The maximum Gasteiger partial charge on any atom is 0.343 e. The molecule has 13 heavy (non-hydrogen) atoms. The van der Waals surface area contributed by atoms with Gasteiger partial charge < -0.3 is 4.84 Å². The number of nitrogens with two attached hydrogens (primary N) is 1. The van der Waals surface area contributed by atoms with Crippen LogP contribution < -0.4 is 16.3 Å². The van der Waals surface area contributed by atoms with E-state index in [0.29, 0.717) is 15.9 Å². The van der Waals surface area contributed by atoms with E-state index < -0.39 is 5.56 Å². The molecule has 7 nitrogen and oxygen atoms in total. The van der Waals surface area contributed by atoms with Gasteiger partial charge in [-0.15, -0.1) is 9.58 Å². The zero-order chi connectivity index (χ0) is 10.0. The Morgan fingerprint density at radius 1 is 1.54 bits per heavy atom. The minimum Gasteiger partial charge on any atom is -0.371 e. The lowest BCUT2D eigenvalue weighted by atomic mass is 10.3. The van der Waals surface area contributed by atoms with E-state index in [4.69, 9.17) is 5.90 Å². The molecule has 2 N–H and O–H groups in total. The van der Waals surface area contributed by atoms with E-state index in [-0.39, 0.29) is 6.01 Å². The van der Waals surface area contributed by atoms with Crippen LogP contribution in [0.3, 0.4) is 0 Å². The summed E-state index contributed by atoms with van der Waals surface area (Å²) in [6.07, 6.45) is 0. The van der Waals surface area contributed by atoms with Crippen LogP contribution in [0.15, 0.2) is 10.1 Å². The molecular formula is C6H8N4O3. The van der Waals surface area contributed by atoms with E-state index in [9.17, 15) is 9.70 Å². The second kappa shape index (κ2) is 3.31. The van der Waals surface area contributed by atoms with E-state index in [1.54, 1.807) is 6.92 Å². The maximum absolute atomic E-state index is 11.3. The third-order valence-corrected chi connectivity index (χ3v) is 1.69. The van der Waals surface area contributed by atoms with Crippen LogP contribution in [-0.2, 0) is 0 Å². The summed E-state index contributed by atoms with van der Waals surface area (Å²) < 4.78 is 0.461. The average Bonchev–Trinajstić information content (AvgIpc) is 2.13. The first-order valence-electron chi connectivity index (χ1n) is 3.42. The molecule has 0 aliphatic carbocycles. The van der Waals surface area contributed by atoms with E-state index in [1.165, 1.54) is 6.92 Å². The topological polar surface area (TPSA) is 99.6 Å². The van der Waals surface area contributed by atoms with Crippen molar-refractivity contribution >= 4 is 0 Å². The summed E-state index contributed by atoms with van der Waals surface area (Å²) in [6, 6.07) is -0.317. The number of hydrogen-bond acceptors (Lipinski definition) is 6. The monoisotopic (exact) mass is 184 g/mol. The molecule has 0 spiro atoms. The van der Waals surface area contributed by atoms with Crippen molar-refractivity contribution in [2.24, 2.45) is 11.2 Å². The molecule has 0 unspecified atom stereocenters. The normalized spacial score (nSPS) is 9.77. The molecule has 1 aromatic rings. The van der Waals surface area contributed by atoms with Gasteiger partial charge >= 0.3 is 6.01 Å². The molecule has 0 bridgehead atoms. The minimum absolute atomic E-state index is 0.317. The van der Waals surface area contributed by atoms with Crippen LogP contribution in [-0.4, -0.2) is 9.66 Å². The predicted molar refractivity (Wildman–Crippen MR) is 44.0 cm³/mol. The first-order chi connectivity index (χ1) is 6.11. The largest absolute Gasteiger partial charge is 0.371 e. The Kier molecular flexibility index (Phi) is 2.38. The molecule has 0 radical (unpaired) electrons. The van der Waals surface area contributed by atoms with Crippen molar-refractivity contribution in [1.82, 2.24) is 9.66 Å². The third-order valence-electron chi connectivity index (χ3n) is 1.69. The molecule has 0 aliphatic heterocycles. The van der Waals surface area contributed by atoms with Crippen LogP contribution in [0.5, 0.6) is 6.01 Å². The Morgan fingerprint density at radius 3 is 2.62 bits per heavy atom. The number of aromatic nitrogens is 2. The van der Waals surface area contributed by atoms with Gasteiger partial charge in [-0.3, -0.25) is 4.79 Å². The first kappa shape index (κ1) is 9.33. The Hall–Kier alpha value is -1.76. The summed E-state index contributed by atoms with van der Waals surface area (Å²) >= 11 is 0. The van der Waals surface area contributed by atoms with Gasteiger partial charge in [-0.2, -0.15) is 10.9 Å². The third kappa shape index (κ3) is 1.41. The molecular weight excluding hydrogens is 176 g/mol. The van der Waals surface area contributed by atoms with Crippen LogP contribution in [0.25, 0.3) is 0 Å². The zero-order valence-electron chi connectivity index (χ0n) is 7.14. The molecule has 0 fully saturated rings. The van der Waals surface area contributed by atoms with Gasteiger partial charge in [0.15, 0.2) is 0 Å². The maximum atomic E-state index is 11.3. The second-order valence-electron chi connectivity index (χ2n) is 2.42. The van der Waals surface area contributed by atoms with Gasteiger partial charge in [0.25, 0.3) is 5.56 Å². The van der Waals surface area contributed by atoms with Crippen LogP contribution in [0, 0.1) is 18.8 Å². The van der Waals surface area contributed by atoms with Crippen molar-refractivity contribution in [3.8, 4) is 6.01 Å². The molecule has 70 valence electrons. The Labute approximate surface area is 73.0 Å². The average molecular weight is 184 g/mol. The second-order valence-corrected chi connectivity index (χ2v) is 2.42. The van der Waals surface area contributed by atoms with Gasteiger partial charge in [0, 0.05) is 5.56 Å². The molecule has 0 amide bonds. The summed E-state index contributed by atoms with van der Waals surface area (Å²) in [4.78, 5) is 29.5. The Balaban J connectivity index is 3.58. The predicted octanol–water partition coefficient (Wildman–Crippen LogP) is -0.358. The summed E-state index contributed by atoms with van der Waals surface area (Å²) in [6.45, 7) is 3.14. The Morgan fingerprint density at radius 2 is 2.15 bits per heavy atom. The molecule has 0 saturated carbocycles. The minimum atomic E-state index is -0.581. The molecule has 1 rings (SSSR count). The number of aryl methyl sites for hydroxylation is 1. The number of nitrogens with zero attached hydrogens (tertiary/aromatic N) is 3. The van der Waals surface area contributed by atoms with Crippen molar-refractivity contribution in [2.75, 3.05) is 0 Å². The fourth-order valence-electron chi connectivity index (χ4n) is 0.823. The smallest absolute Gasteiger partial charge is 0.343 e.